The van der Waals surface area contributed by atoms with Crippen LogP contribution in [0.4, 0.5) is 0 Å². The molecule has 0 saturated heterocycles. The molecule has 13 heavy (non-hydrogen) atoms. The Labute approximate surface area is 77.0 Å². The minimum absolute atomic E-state index is 0.407. The van der Waals surface area contributed by atoms with E-state index in [1.807, 2.05) is 30.3 Å². The minimum atomic E-state index is -0.407. The van der Waals surface area contributed by atoms with Crippen molar-refractivity contribution in [1.82, 2.24) is 0 Å². The highest BCUT2D eigenvalue weighted by atomic mass is 16.7. The van der Waals surface area contributed by atoms with E-state index < -0.39 is 5.97 Å². The third-order valence-electron chi connectivity index (χ3n) is 1.50. The summed E-state index contributed by atoms with van der Waals surface area (Å²) in [5.41, 5.74) is 1.64. The highest BCUT2D eigenvalue weighted by molar-refractivity contribution is 5.98. The second-order valence-corrected chi connectivity index (χ2v) is 2.63. The van der Waals surface area contributed by atoms with Crippen LogP contribution in [0.5, 0.6) is 0 Å². The van der Waals surface area contributed by atoms with Crippen LogP contribution in [0.1, 0.15) is 19.4 Å². The molecule has 0 atom stereocenters. The molecule has 0 saturated carbocycles. The summed E-state index contributed by atoms with van der Waals surface area (Å²) in [6.07, 6.45) is 0. The number of hydrogen-bond donors (Lipinski definition) is 0. The van der Waals surface area contributed by atoms with E-state index in [0.717, 1.165) is 5.56 Å². The molecule has 0 heterocycles. The van der Waals surface area contributed by atoms with Crippen LogP contribution in [0.25, 0.3) is 0 Å². The van der Waals surface area contributed by atoms with E-state index in [-0.39, 0.29) is 0 Å². The van der Waals surface area contributed by atoms with E-state index in [4.69, 9.17) is 0 Å². The van der Waals surface area contributed by atoms with Crippen LogP contribution < -0.4 is 0 Å². The molecule has 0 N–H and O–H groups in total. The third-order valence-corrected chi connectivity index (χ3v) is 1.50. The zero-order valence-electron chi connectivity index (χ0n) is 7.65. The Kier molecular flexibility index (Phi) is 3.20. The zero-order chi connectivity index (χ0) is 9.68. The van der Waals surface area contributed by atoms with E-state index >= 15 is 0 Å². The number of hydrogen-bond acceptors (Lipinski definition) is 3. The minimum Gasteiger partial charge on any atom is -0.318 e. The van der Waals surface area contributed by atoms with Crippen molar-refractivity contribution < 1.29 is 9.63 Å². The Hall–Kier alpha value is -1.64. The van der Waals surface area contributed by atoms with E-state index in [9.17, 15) is 4.79 Å². The van der Waals surface area contributed by atoms with Gasteiger partial charge >= 0.3 is 5.97 Å². The van der Waals surface area contributed by atoms with Gasteiger partial charge in [0.2, 0.25) is 0 Å². The molecular formula is C10H11NO2. The molecule has 3 heteroatoms. The van der Waals surface area contributed by atoms with E-state index in [1.165, 1.54) is 6.92 Å². The SMILES string of the molecule is CC(=O)O/N=C(/C)c1ccccc1. The Balaban J connectivity index is 2.73. The van der Waals surface area contributed by atoms with Crippen LogP contribution in [-0.2, 0) is 9.63 Å². The Morgan fingerprint density at radius 2 is 1.85 bits per heavy atom. The van der Waals surface area contributed by atoms with Crippen molar-refractivity contribution in [2.24, 2.45) is 5.16 Å². The molecule has 3 nitrogen and oxygen atoms in total. The average Bonchev–Trinajstić information content (AvgIpc) is 2.15. The van der Waals surface area contributed by atoms with Crippen LogP contribution >= 0.6 is 0 Å². The molecule has 0 unspecified atom stereocenters. The van der Waals surface area contributed by atoms with Gasteiger partial charge in [-0.2, -0.15) is 0 Å². The quantitative estimate of drug-likeness (QED) is 0.393. The van der Waals surface area contributed by atoms with Crippen molar-refractivity contribution >= 4 is 11.7 Å². The van der Waals surface area contributed by atoms with Crippen LogP contribution in [0, 0.1) is 0 Å². The topological polar surface area (TPSA) is 38.7 Å². The van der Waals surface area contributed by atoms with Crippen molar-refractivity contribution in [2.75, 3.05) is 0 Å². The summed E-state index contributed by atoms with van der Waals surface area (Å²) >= 11 is 0. The summed E-state index contributed by atoms with van der Waals surface area (Å²) in [4.78, 5) is 15.0. The molecule has 0 spiro atoms. The highest BCUT2D eigenvalue weighted by Crippen LogP contribution is 2.00. The fraction of sp³-hybridized carbons (Fsp3) is 0.200. The molecule has 1 aromatic rings. The van der Waals surface area contributed by atoms with Gasteiger partial charge in [-0.05, 0) is 12.5 Å². The van der Waals surface area contributed by atoms with Crippen molar-refractivity contribution in [2.45, 2.75) is 13.8 Å². The van der Waals surface area contributed by atoms with Gasteiger partial charge in [0.15, 0.2) is 0 Å². The third kappa shape index (κ3) is 3.07. The number of nitrogens with zero attached hydrogens (tertiary/aromatic N) is 1. The smallest absolute Gasteiger partial charge is 0.318 e. The maximum atomic E-state index is 10.5. The largest absolute Gasteiger partial charge is 0.331 e. The summed E-state index contributed by atoms with van der Waals surface area (Å²) < 4.78 is 0. The molecule has 1 aromatic carbocycles. The Morgan fingerprint density at radius 3 is 2.38 bits per heavy atom. The van der Waals surface area contributed by atoms with Gasteiger partial charge in [0.05, 0.1) is 5.71 Å². The first kappa shape index (κ1) is 9.45. The maximum absolute atomic E-state index is 10.5. The molecule has 0 aliphatic rings. The monoisotopic (exact) mass is 177 g/mol. The van der Waals surface area contributed by atoms with Crippen molar-refractivity contribution in [3.05, 3.63) is 35.9 Å². The Morgan fingerprint density at radius 1 is 1.23 bits per heavy atom. The lowest BCUT2D eigenvalue weighted by Gasteiger charge is -1.98. The highest BCUT2D eigenvalue weighted by Gasteiger charge is 1.96. The van der Waals surface area contributed by atoms with Crippen molar-refractivity contribution in [1.29, 1.82) is 0 Å². The van der Waals surface area contributed by atoms with Gasteiger partial charge in [0.1, 0.15) is 0 Å². The second kappa shape index (κ2) is 4.40. The van der Waals surface area contributed by atoms with Crippen LogP contribution in [0.15, 0.2) is 35.5 Å². The number of carbonyl (C=O) groups excluding carboxylic acids is 1. The number of oxime groups is 1. The van der Waals surface area contributed by atoms with Gasteiger partial charge in [0, 0.05) is 6.92 Å². The average molecular weight is 177 g/mol. The van der Waals surface area contributed by atoms with E-state index in [2.05, 4.69) is 9.99 Å². The standard InChI is InChI=1S/C10H11NO2/c1-8(11-13-9(2)12)10-6-4-3-5-7-10/h3-7H,1-2H3/b11-8-. The molecular weight excluding hydrogens is 166 g/mol. The summed E-state index contributed by atoms with van der Waals surface area (Å²) in [6.45, 7) is 3.11. The molecule has 0 aromatic heterocycles. The molecule has 68 valence electrons. The molecule has 0 fully saturated rings. The maximum Gasteiger partial charge on any atom is 0.331 e. The van der Waals surface area contributed by atoms with Crippen LogP contribution in [0.2, 0.25) is 0 Å². The molecule has 0 radical (unpaired) electrons. The predicted molar refractivity (Wildman–Crippen MR) is 50.4 cm³/mol. The lowest BCUT2D eigenvalue weighted by Crippen LogP contribution is -1.98. The lowest BCUT2D eigenvalue weighted by molar-refractivity contribution is -0.140. The lowest BCUT2D eigenvalue weighted by atomic mass is 10.1. The number of rotatable bonds is 2. The summed E-state index contributed by atoms with van der Waals surface area (Å²) in [5, 5.41) is 3.66. The van der Waals surface area contributed by atoms with E-state index in [0.29, 0.717) is 5.71 Å². The van der Waals surface area contributed by atoms with Gasteiger partial charge in [-0.3, -0.25) is 0 Å². The van der Waals surface area contributed by atoms with Crippen molar-refractivity contribution in [3.63, 3.8) is 0 Å². The summed E-state index contributed by atoms with van der Waals surface area (Å²) in [5.74, 6) is -0.407. The summed E-state index contributed by atoms with van der Waals surface area (Å²) in [7, 11) is 0. The van der Waals surface area contributed by atoms with Gasteiger partial charge in [-0.1, -0.05) is 35.5 Å². The van der Waals surface area contributed by atoms with Crippen LogP contribution in [-0.4, -0.2) is 11.7 Å². The molecule has 0 bridgehead atoms. The fourth-order valence-electron chi connectivity index (χ4n) is 0.865. The number of carbonyl (C=O) groups is 1. The molecule has 1 rings (SSSR count). The van der Waals surface area contributed by atoms with E-state index in [1.54, 1.807) is 6.92 Å². The normalized spacial score (nSPS) is 11.1. The van der Waals surface area contributed by atoms with Gasteiger partial charge < -0.3 is 4.84 Å². The first-order chi connectivity index (χ1) is 6.20. The van der Waals surface area contributed by atoms with Gasteiger partial charge in [0.25, 0.3) is 0 Å². The first-order valence-electron chi connectivity index (χ1n) is 3.98. The van der Waals surface area contributed by atoms with Gasteiger partial charge in [-0.25, -0.2) is 4.79 Å². The van der Waals surface area contributed by atoms with Gasteiger partial charge in [-0.15, -0.1) is 0 Å². The molecule has 0 aliphatic carbocycles. The van der Waals surface area contributed by atoms with Crippen LogP contribution in [0.3, 0.4) is 0 Å². The first-order valence-corrected chi connectivity index (χ1v) is 3.98. The fourth-order valence-corrected chi connectivity index (χ4v) is 0.865. The number of benzene rings is 1. The molecule has 0 aliphatic heterocycles. The second-order valence-electron chi connectivity index (χ2n) is 2.63. The predicted octanol–water partition coefficient (Wildman–Crippen LogP) is 1.97. The summed E-state index contributed by atoms with van der Waals surface area (Å²) in [6, 6.07) is 9.54. The molecule has 0 amide bonds. The van der Waals surface area contributed by atoms with Crippen molar-refractivity contribution in [3.8, 4) is 0 Å². The zero-order valence-corrected chi connectivity index (χ0v) is 7.65. The Bertz CT molecular complexity index is 317.